The van der Waals surface area contributed by atoms with Crippen LogP contribution < -0.4 is 20.1 Å². The maximum Gasteiger partial charge on any atom is 0.266 e. The number of aromatic nitrogens is 1. The van der Waals surface area contributed by atoms with Crippen LogP contribution in [0, 0.1) is 0 Å². The Kier molecular flexibility index (Phi) is 7.92. The molecule has 0 saturated heterocycles. The van der Waals surface area contributed by atoms with E-state index in [2.05, 4.69) is 15.6 Å². The Labute approximate surface area is 195 Å². The fraction of sp³-hybridized carbons (Fsp3) is 0.174. The molecule has 0 aliphatic heterocycles. The highest BCUT2D eigenvalue weighted by Crippen LogP contribution is 2.20. The molecule has 2 amide bonds. The highest BCUT2D eigenvalue weighted by atomic mass is 35.5. The lowest BCUT2D eigenvalue weighted by Crippen LogP contribution is -2.31. The zero-order chi connectivity index (χ0) is 23.1. The number of rotatable bonds is 8. The minimum atomic E-state index is -0.792. The van der Waals surface area contributed by atoms with Gasteiger partial charge in [-0.15, -0.1) is 0 Å². The van der Waals surface area contributed by atoms with Gasteiger partial charge in [0.25, 0.3) is 11.8 Å². The van der Waals surface area contributed by atoms with Crippen molar-refractivity contribution < 1.29 is 19.1 Å². The van der Waals surface area contributed by atoms with Crippen LogP contribution in [0.2, 0.25) is 10.0 Å². The Morgan fingerprint density at radius 3 is 1.56 bits per heavy atom. The van der Waals surface area contributed by atoms with Gasteiger partial charge in [0.15, 0.2) is 12.2 Å². The van der Waals surface area contributed by atoms with Crippen molar-refractivity contribution in [3.05, 3.63) is 76.8 Å². The molecular formula is C23H21Cl2N3O4. The molecular weight excluding hydrogens is 453 g/mol. The van der Waals surface area contributed by atoms with E-state index in [1.54, 1.807) is 80.6 Å². The van der Waals surface area contributed by atoms with Crippen LogP contribution in [-0.2, 0) is 9.59 Å². The Morgan fingerprint density at radius 1 is 0.750 bits per heavy atom. The van der Waals surface area contributed by atoms with Gasteiger partial charge in [0.1, 0.15) is 23.1 Å². The molecule has 0 bridgehead atoms. The largest absolute Gasteiger partial charge is 0.481 e. The number of carbonyl (C=O) groups excluding carboxylic acids is 2. The van der Waals surface area contributed by atoms with Crippen molar-refractivity contribution in [2.75, 3.05) is 10.6 Å². The van der Waals surface area contributed by atoms with E-state index in [-0.39, 0.29) is 11.6 Å². The summed E-state index contributed by atoms with van der Waals surface area (Å²) in [4.78, 5) is 29.1. The van der Waals surface area contributed by atoms with E-state index in [4.69, 9.17) is 32.7 Å². The molecule has 0 radical (unpaired) electrons. The molecule has 0 aliphatic rings. The van der Waals surface area contributed by atoms with Crippen LogP contribution in [0.5, 0.6) is 11.5 Å². The van der Waals surface area contributed by atoms with E-state index in [0.29, 0.717) is 21.5 Å². The fourth-order valence-electron chi connectivity index (χ4n) is 2.63. The van der Waals surface area contributed by atoms with Gasteiger partial charge in [0.05, 0.1) is 0 Å². The topological polar surface area (TPSA) is 89.6 Å². The molecule has 1 heterocycles. The van der Waals surface area contributed by atoms with Gasteiger partial charge in [-0.05, 0) is 62.4 Å². The third-order valence-corrected chi connectivity index (χ3v) is 4.68. The third kappa shape index (κ3) is 6.87. The van der Waals surface area contributed by atoms with E-state index in [9.17, 15) is 9.59 Å². The Balaban J connectivity index is 1.57. The quantitative estimate of drug-likeness (QED) is 0.469. The number of anilines is 2. The second kappa shape index (κ2) is 10.8. The maximum absolute atomic E-state index is 12.4. The molecule has 0 spiro atoms. The van der Waals surface area contributed by atoms with Crippen molar-refractivity contribution in [3.63, 3.8) is 0 Å². The molecule has 3 rings (SSSR count). The van der Waals surface area contributed by atoms with E-state index < -0.39 is 24.0 Å². The van der Waals surface area contributed by atoms with Crippen molar-refractivity contribution >= 4 is 46.7 Å². The molecule has 0 fully saturated rings. The van der Waals surface area contributed by atoms with Crippen molar-refractivity contribution in [1.29, 1.82) is 0 Å². The second-order valence-corrected chi connectivity index (χ2v) is 7.69. The summed E-state index contributed by atoms with van der Waals surface area (Å²) in [5.41, 5.74) is 0. The summed E-state index contributed by atoms with van der Waals surface area (Å²) < 4.78 is 11.2. The van der Waals surface area contributed by atoms with Crippen LogP contribution in [-0.4, -0.2) is 29.0 Å². The van der Waals surface area contributed by atoms with Crippen LogP contribution >= 0.6 is 23.2 Å². The van der Waals surface area contributed by atoms with Crippen LogP contribution in [0.1, 0.15) is 13.8 Å². The second-order valence-electron chi connectivity index (χ2n) is 6.82. The molecule has 0 saturated carbocycles. The third-order valence-electron chi connectivity index (χ3n) is 4.21. The minimum Gasteiger partial charge on any atom is -0.481 e. The average molecular weight is 474 g/mol. The molecule has 0 aliphatic carbocycles. The normalized spacial score (nSPS) is 12.4. The van der Waals surface area contributed by atoms with Gasteiger partial charge in [-0.1, -0.05) is 41.4 Å². The van der Waals surface area contributed by atoms with Crippen molar-refractivity contribution in [2.24, 2.45) is 0 Å². The smallest absolute Gasteiger partial charge is 0.266 e. The van der Waals surface area contributed by atoms with Gasteiger partial charge >= 0.3 is 0 Å². The highest BCUT2D eigenvalue weighted by Gasteiger charge is 2.18. The van der Waals surface area contributed by atoms with Crippen LogP contribution in [0.25, 0.3) is 0 Å². The Morgan fingerprint density at radius 2 is 1.16 bits per heavy atom. The van der Waals surface area contributed by atoms with Gasteiger partial charge in [0.2, 0.25) is 0 Å². The molecule has 9 heteroatoms. The highest BCUT2D eigenvalue weighted by molar-refractivity contribution is 6.31. The van der Waals surface area contributed by atoms with Crippen molar-refractivity contribution in [1.82, 2.24) is 4.98 Å². The van der Waals surface area contributed by atoms with Gasteiger partial charge in [0, 0.05) is 10.0 Å². The molecule has 3 aromatic rings. The summed E-state index contributed by atoms with van der Waals surface area (Å²) in [6.07, 6.45) is -1.58. The lowest BCUT2D eigenvalue weighted by atomic mass is 10.3. The van der Waals surface area contributed by atoms with Crippen LogP contribution in [0.15, 0.2) is 66.7 Å². The zero-order valence-corrected chi connectivity index (χ0v) is 18.9. The van der Waals surface area contributed by atoms with E-state index in [1.165, 1.54) is 0 Å². The summed E-state index contributed by atoms with van der Waals surface area (Å²) in [7, 11) is 0. The molecule has 7 nitrogen and oxygen atoms in total. The first kappa shape index (κ1) is 23.4. The first-order valence-electron chi connectivity index (χ1n) is 9.73. The number of nitrogens with zero attached hydrogens (tertiary/aromatic N) is 1. The van der Waals surface area contributed by atoms with Crippen molar-refractivity contribution in [2.45, 2.75) is 26.1 Å². The summed E-state index contributed by atoms with van der Waals surface area (Å²) in [5.74, 6) is 0.665. The van der Waals surface area contributed by atoms with E-state index in [0.717, 1.165) is 0 Å². The average Bonchev–Trinajstić information content (AvgIpc) is 2.74. The number of amides is 2. The number of halogens is 2. The molecule has 32 heavy (non-hydrogen) atoms. The molecule has 2 atom stereocenters. The molecule has 0 unspecified atom stereocenters. The Bertz CT molecular complexity index is 1030. The van der Waals surface area contributed by atoms with E-state index in [1.807, 2.05) is 0 Å². The first-order valence-corrected chi connectivity index (χ1v) is 10.5. The standard InChI is InChI=1S/C23H21Cl2N3O4/c1-14(31-18-8-3-6-16(24)12-18)22(29)27-20-10-5-11-21(26-20)28-23(30)15(2)32-19-9-4-7-17(25)13-19/h3-15H,1-2H3,(H2,26,27,28,29,30)/t14-,15-/m1/s1. The van der Waals surface area contributed by atoms with Crippen LogP contribution in [0.3, 0.4) is 0 Å². The van der Waals surface area contributed by atoms with Gasteiger partial charge in [-0.25, -0.2) is 4.98 Å². The molecule has 2 aromatic carbocycles. The number of hydrogen-bond donors (Lipinski definition) is 2. The van der Waals surface area contributed by atoms with E-state index >= 15 is 0 Å². The minimum absolute atomic E-state index is 0.262. The summed E-state index contributed by atoms with van der Waals surface area (Å²) in [6.45, 7) is 3.22. The summed E-state index contributed by atoms with van der Waals surface area (Å²) >= 11 is 11.9. The SMILES string of the molecule is C[C@@H](Oc1cccc(Cl)c1)C(=O)Nc1cccc(NC(=O)[C@@H](C)Oc2cccc(Cl)c2)n1. The zero-order valence-electron chi connectivity index (χ0n) is 17.3. The predicted octanol–water partition coefficient (Wildman–Crippen LogP) is 5.20. The monoisotopic (exact) mass is 473 g/mol. The summed E-state index contributed by atoms with van der Waals surface area (Å²) in [5, 5.41) is 6.34. The number of pyridine rings is 1. The number of nitrogens with one attached hydrogen (secondary N) is 2. The van der Waals surface area contributed by atoms with Gasteiger partial charge in [-0.3, -0.25) is 9.59 Å². The summed E-state index contributed by atoms with van der Waals surface area (Å²) in [6, 6.07) is 18.4. The number of hydrogen-bond acceptors (Lipinski definition) is 5. The maximum atomic E-state index is 12.4. The van der Waals surface area contributed by atoms with Gasteiger partial charge in [-0.2, -0.15) is 0 Å². The fourth-order valence-corrected chi connectivity index (χ4v) is 2.99. The van der Waals surface area contributed by atoms with Crippen LogP contribution in [0.4, 0.5) is 11.6 Å². The van der Waals surface area contributed by atoms with Gasteiger partial charge < -0.3 is 20.1 Å². The number of ether oxygens (including phenoxy) is 2. The predicted molar refractivity (Wildman–Crippen MR) is 125 cm³/mol. The molecule has 1 aromatic heterocycles. The lowest BCUT2D eigenvalue weighted by molar-refractivity contribution is -0.122. The van der Waals surface area contributed by atoms with Crippen molar-refractivity contribution in [3.8, 4) is 11.5 Å². The molecule has 2 N–H and O–H groups in total. The first-order chi connectivity index (χ1) is 15.3. The number of benzene rings is 2. The number of carbonyl (C=O) groups is 2. The lowest BCUT2D eigenvalue weighted by Gasteiger charge is -2.16. The molecule has 166 valence electrons. The Hall–Kier alpha value is -3.29.